The zero-order valence-electron chi connectivity index (χ0n) is 14.4. The Labute approximate surface area is 153 Å². The molecule has 0 bridgehead atoms. The summed E-state index contributed by atoms with van der Waals surface area (Å²) in [5.41, 5.74) is 16.3. The Balaban J connectivity index is 1.87. The molecule has 0 radical (unpaired) electrons. The lowest BCUT2D eigenvalue weighted by Gasteiger charge is -2.19. The summed E-state index contributed by atoms with van der Waals surface area (Å²) in [4.78, 5) is 0. The third-order valence-electron chi connectivity index (χ3n) is 5.32. The molecule has 4 aromatic rings. The fourth-order valence-corrected chi connectivity index (χ4v) is 4.24. The second-order valence-corrected chi connectivity index (χ2v) is 6.79. The van der Waals surface area contributed by atoms with Crippen LogP contribution in [0.25, 0.3) is 22.3 Å². The van der Waals surface area contributed by atoms with Crippen LogP contribution in [0.1, 0.15) is 22.6 Å². The van der Waals surface area contributed by atoms with Crippen LogP contribution in [0.15, 0.2) is 97.1 Å². The van der Waals surface area contributed by atoms with Gasteiger partial charge in [0.05, 0.1) is 0 Å². The summed E-state index contributed by atoms with van der Waals surface area (Å²) in [5.74, 6) is 0.209. The van der Waals surface area contributed by atoms with Crippen molar-refractivity contribution in [1.29, 1.82) is 0 Å². The molecular weight excluding hydrogens is 314 g/mol. The van der Waals surface area contributed by atoms with Crippen molar-refractivity contribution >= 4 is 5.69 Å². The smallest absolute Gasteiger partial charge is 0.0397 e. The Hall–Kier alpha value is -3.32. The van der Waals surface area contributed by atoms with Crippen LogP contribution in [0.2, 0.25) is 0 Å². The van der Waals surface area contributed by atoms with E-state index in [4.69, 9.17) is 5.73 Å². The zero-order chi connectivity index (χ0) is 17.5. The van der Waals surface area contributed by atoms with Crippen LogP contribution in [-0.4, -0.2) is 0 Å². The number of hydrogen-bond donors (Lipinski definition) is 1. The molecule has 1 nitrogen and oxygen atoms in total. The molecule has 0 saturated heterocycles. The van der Waals surface area contributed by atoms with E-state index in [0.29, 0.717) is 0 Å². The first-order valence-corrected chi connectivity index (χ1v) is 8.96. The van der Waals surface area contributed by atoms with Crippen LogP contribution in [0, 0.1) is 0 Å². The Kier molecular flexibility index (Phi) is 3.39. The molecule has 1 unspecified atom stereocenters. The number of benzene rings is 4. The predicted molar refractivity (Wildman–Crippen MR) is 109 cm³/mol. The second kappa shape index (κ2) is 5.89. The maximum Gasteiger partial charge on any atom is 0.0397 e. The van der Waals surface area contributed by atoms with Gasteiger partial charge in [0.15, 0.2) is 0 Å². The number of fused-ring (bicyclic) bond motifs is 3. The van der Waals surface area contributed by atoms with Gasteiger partial charge in [-0.3, -0.25) is 0 Å². The summed E-state index contributed by atoms with van der Waals surface area (Å²) in [6.45, 7) is 0. The summed E-state index contributed by atoms with van der Waals surface area (Å²) in [5, 5.41) is 0. The normalized spacial score (nSPS) is 14.7. The summed E-state index contributed by atoms with van der Waals surface area (Å²) in [6.07, 6.45) is 0. The molecule has 2 N–H and O–H groups in total. The maximum atomic E-state index is 6.50. The fraction of sp³-hybridized carbons (Fsp3) is 0.0400. The van der Waals surface area contributed by atoms with Crippen molar-refractivity contribution in [2.24, 2.45) is 0 Å². The lowest BCUT2D eigenvalue weighted by atomic mass is 9.84. The number of hydrogen-bond acceptors (Lipinski definition) is 1. The van der Waals surface area contributed by atoms with Gasteiger partial charge in [0.1, 0.15) is 0 Å². The highest BCUT2D eigenvalue weighted by Crippen LogP contribution is 2.52. The van der Waals surface area contributed by atoms with Crippen LogP contribution in [0.4, 0.5) is 5.69 Å². The van der Waals surface area contributed by atoms with Crippen LogP contribution >= 0.6 is 0 Å². The number of nitrogens with two attached hydrogens (primary N) is 1. The molecular formula is C25H19N. The Morgan fingerprint density at radius 3 is 2.00 bits per heavy atom. The summed E-state index contributed by atoms with van der Waals surface area (Å²) >= 11 is 0. The van der Waals surface area contributed by atoms with Gasteiger partial charge in [-0.15, -0.1) is 0 Å². The van der Waals surface area contributed by atoms with Gasteiger partial charge in [0.2, 0.25) is 0 Å². The average Bonchev–Trinajstić information content (AvgIpc) is 3.03. The van der Waals surface area contributed by atoms with Crippen molar-refractivity contribution in [2.75, 3.05) is 5.73 Å². The van der Waals surface area contributed by atoms with Gasteiger partial charge < -0.3 is 5.73 Å². The molecule has 124 valence electrons. The summed E-state index contributed by atoms with van der Waals surface area (Å²) in [7, 11) is 0. The highest BCUT2D eigenvalue weighted by molar-refractivity contribution is 5.93. The first-order chi connectivity index (χ1) is 12.8. The first kappa shape index (κ1) is 15.0. The van der Waals surface area contributed by atoms with Crippen LogP contribution in [-0.2, 0) is 0 Å². The van der Waals surface area contributed by atoms with Crippen molar-refractivity contribution in [1.82, 2.24) is 0 Å². The second-order valence-electron chi connectivity index (χ2n) is 6.79. The van der Waals surface area contributed by atoms with Crippen LogP contribution in [0.3, 0.4) is 0 Å². The standard InChI is InChI=1S/C25H19N/c26-22-16-15-21-19-13-7-8-14-20(19)23(17-9-3-1-4-10-17)25(21)24(22)18-11-5-2-6-12-18/h1-16,23H,26H2. The fourth-order valence-electron chi connectivity index (χ4n) is 4.24. The van der Waals surface area contributed by atoms with E-state index in [1.807, 2.05) is 12.1 Å². The van der Waals surface area contributed by atoms with E-state index in [0.717, 1.165) is 11.3 Å². The lowest BCUT2D eigenvalue weighted by Crippen LogP contribution is -2.03. The number of anilines is 1. The molecule has 0 spiro atoms. The molecule has 0 amide bonds. The van der Waals surface area contributed by atoms with Crippen molar-refractivity contribution in [3.05, 3.63) is 114 Å². The molecule has 1 heteroatoms. The number of rotatable bonds is 2. The molecule has 0 aliphatic heterocycles. The van der Waals surface area contributed by atoms with Crippen molar-refractivity contribution < 1.29 is 0 Å². The third-order valence-corrected chi connectivity index (χ3v) is 5.32. The summed E-state index contributed by atoms with van der Waals surface area (Å²) < 4.78 is 0. The topological polar surface area (TPSA) is 26.0 Å². The first-order valence-electron chi connectivity index (χ1n) is 8.96. The monoisotopic (exact) mass is 333 g/mol. The van der Waals surface area contributed by atoms with Gasteiger partial charge >= 0.3 is 0 Å². The SMILES string of the molecule is Nc1ccc2c(c1-c1ccccc1)C(c1ccccc1)c1ccccc1-2. The summed E-state index contributed by atoms with van der Waals surface area (Å²) in [6, 6.07) is 34.2. The molecule has 1 aliphatic rings. The molecule has 0 saturated carbocycles. The Bertz CT molecular complexity index is 1080. The van der Waals surface area contributed by atoms with E-state index in [1.54, 1.807) is 0 Å². The molecule has 0 aromatic heterocycles. The van der Waals surface area contributed by atoms with Crippen molar-refractivity contribution in [2.45, 2.75) is 5.92 Å². The van der Waals surface area contributed by atoms with Gasteiger partial charge in [-0.25, -0.2) is 0 Å². The molecule has 0 heterocycles. The minimum atomic E-state index is 0.209. The highest BCUT2D eigenvalue weighted by Gasteiger charge is 2.32. The minimum Gasteiger partial charge on any atom is -0.398 e. The maximum absolute atomic E-state index is 6.50. The molecule has 0 fully saturated rings. The van der Waals surface area contributed by atoms with Gasteiger partial charge in [0.25, 0.3) is 0 Å². The molecule has 4 aromatic carbocycles. The largest absolute Gasteiger partial charge is 0.398 e. The molecule has 1 atom stereocenters. The Morgan fingerprint density at radius 1 is 0.577 bits per heavy atom. The third kappa shape index (κ3) is 2.18. The van der Waals surface area contributed by atoms with Gasteiger partial charge in [-0.05, 0) is 39.4 Å². The minimum absolute atomic E-state index is 0.209. The van der Waals surface area contributed by atoms with E-state index in [2.05, 4.69) is 84.9 Å². The van der Waals surface area contributed by atoms with E-state index < -0.39 is 0 Å². The molecule has 1 aliphatic carbocycles. The van der Waals surface area contributed by atoms with E-state index >= 15 is 0 Å². The average molecular weight is 333 g/mol. The molecule has 26 heavy (non-hydrogen) atoms. The quantitative estimate of drug-likeness (QED) is 0.388. The van der Waals surface area contributed by atoms with Gasteiger partial charge in [-0.1, -0.05) is 91.0 Å². The van der Waals surface area contributed by atoms with Crippen LogP contribution in [0.5, 0.6) is 0 Å². The van der Waals surface area contributed by atoms with E-state index in [1.165, 1.54) is 33.4 Å². The van der Waals surface area contributed by atoms with Gasteiger partial charge in [0, 0.05) is 17.2 Å². The predicted octanol–water partition coefficient (Wildman–Crippen LogP) is 6.10. The van der Waals surface area contributed by atoms with E-state index in [9.17, 15) is 0 Å². The van der Waals surface area contributed by atoms with Crippen LogP contribution < -0.4 is 5.73 Å². The number of nitrogen functional groups attached to an aromatic ring is 1. The van der Waals surface area contributed by atoms with Gasteiger partial charge in [-0.2, -0.15) is 0 Å². The zero-order valence-corrected chi connectivity index (χ0v) is 14.4. The highest BCUT2D eigenvalue weighted by atomic mass is 14.6. The molecule has 5 rings (SSSR count). The van der Waals surface area contributed by atoms with Crippen molar-refractivity contribution in [3.8, 4) is 22.3 Å². The Morgan fingerprint density at radius 2 is 1.23 bits per heavy atom. The lowest BCUT2D eigenvalue weighted by molar-refractivity contribution is 1.02. The van der Waals surface area contributed by atoms with E-state index in [-0.39, 0.29) is 5.92 Å². The van der Waals surface area contributed by atoms with Crippen molar-refractivity contribution in [3.63, 3.8) is 0 Å².